The Bertz CT molecular complexity index is 394. The van der Waals surface area contributed by atoms with E-state index in [1.54, 1.807) is 11.8 Å². The molecule has 0 aromatic carbocycles. The molecule has 0 radical (unpaired) electrons. The smallest absolute Gasteiger partial charge is 0.191 e. The van der Waals surface area contributed by atoms with E-state index in [0.29, 0.717) is 12.0 Å². The molecule has 1 atom stereocenters. The first-order valence-electron chi connectivity index (χ1n) is 6.62. The van der Waals surface area contributed by atoms with Gasteiger partial charge in [-0.2, -0.15) is 0 Å². The zero-order valence-electron chi connectivity index (χ0n) is 11.2. The third kappa shape index (κ3) is 3.14. The second-order valence-electron chi connectivity index (χ2n) is 5.09. The molecule has 1 aromatic rings. The Hall–Kier alpha value is -0.810. The topological polar surface area (TPSA) is 42.7 Å². The predicted molar refractivity (Wildman–Crippen MR) is 75.8 cm³/mol. The van der Waals surface area contributed by atoms with Crippen LogP contribution in [0.15, 0.2) is 17.8 Å². The standard InChI is InChI=1S/C13H22N4S/c1-4-8-18-13-16-15-12(11-6-5-7-14-11)17(13)9-10(2)3/h4,10-11,14H,1,5-9H2,2-3H3. The van der Waals surface area contributed by atoms with Gasteiger partial charge in [-0.25, -0.2) is 0 Å². The fraction of sp³-hybridized carbons (Fsp3) is 0.692. The highest BCUT2D eigenvalue weighted by atomic mass is 32.2. The van der Waals surface area contributed by atoms with Gasteiger partial charge in [0, 0.05) is 12.3 Å². The minimum Gasteiger partial charge on any atom is -0.307 e. The van der Waals surface area contributed by atoms with E-state index in [1.165, 1.54) is 12.8 Å². The van der Waals surface area contributed by atoms with Crippen molar-refractivity contribution in [2.75, 3.05) is 12.3 Å². The lowest BCUT2D eigenvalue weighted by molar-refractivity contribution is 0.455. The van der Waals surface area contributed by atoms with Crippen LogP contribution >= 0.6 is 11.8 Å². The molecule has 1 saturated heterocycles. The highest BCUT2D eigenvalue weighted by Gasteiger charge is 2.24. The largest absolute Gasteiger partial charge is 0.307 e. The summed E-state index contributed by atoms with van der Waals surface area (Å²) >= 11 is 1.71. The summed E-state index contributed by atoms with van der Waals surface area (Å²) in [7, 11) is 0. The van der Waals surface area contributed by atoms with Crippen LogP contribution in [0.25, 0.3) is 0 Å². The summed E-state index contributed by atoms with van der Waals surface area (Å²) in [6, 6.07) is 0.384. The van der Waals surface area contributed by atoms with E-state index >= 15 is 0 Å². The molecule has 2 heterocycles. The van der Waals surface area contributed by atoms with Crippen molar-refractivity contribution in [1.29, 1.82) is 0 Å². The van der Waals surface area contributed by atoms with Gasteiger partial charge >= 0.3 is 0 Å². The van der Waals surface area contributed by atoms with Crippen molar-refractivity contribution in [2.45, 2.75) is 44.4 Å². The maximum atomic E-state index is 4.40. The van der Waals surface area contributed by atoms with Crippen molar-refractivity contribution in [2.24, 2.45) is 5.92 Å². The number of thioether (sulfide) groups is 1. The second-order valence-corrected chi connectivity index (χ2v) is 6.08. The molecule has 5 heteroatoms. The van der Waals surface area contributed by atoms with Gasteiger partial charge in [0.05, 0.1) is 6.04 Å². The summed E-state index contributed by atoms with van der Waals surface area (Å²) in [5, 5.41) is 13.3. The zero-order chi connectivity index (χ0) is 13.0. The molecule has 1 fully saturated rings. The SMILES string of the molecule is C=CCSc1nnc(C2CCCN2)n1CC(C)C. The molecule has 100 valence electrons. The Morgan fingerprint density at radius 2 is 2.39 bits per heavy atom. The highest BCUT2D eigenvalue weighted by molar-refractivity contribution is 7.99. The lowest BCUT2D eigenvalue weighted by atomic mass is 10.2. The molecule has 1 aromatic heterocycles. The van der Waals surface area contributed by atoms with Crippen LogP contribution in [-0.4, -0.2) is 27.1 Å². The average molecular weight is 266 g/mol. The average Bonchev–Trinajstić information content (AvgIpc) is 2.95. The zero-order valence-corrected chi connectivity index (χ0v) is 12.0. The van der Waals surface area contributed by atoms with Crippen LogP contribution in [0.2, 0.25) is 0 Å². The Morgan fingerprint density at radius 3 is 3.00 bits per heavy atom. The maximum absolute atomic E-state index is 4.40. The molecule has 0 saturated carbocycles. The molecule has 2 rings (SSSR count). The molecule has 1 N–H and O–H groups in total. The molecule has 0 bridgehead atoms. The van der Waals surface area contributed by atoms with Gasteiger partial charge in [0.15, 0.2) is 11.0 Å². The minimum absolute atomic E-state index is 0.384. The predicted octanol–water partition coefficient (Wildman–Crippen LogP) is 2.64. The van der Waals surface area contributed by atoms with E-state index in [1.807, 2.05) is 6.08 Å². The molecule has 18 heavy (non-hydrogen) atoms. The number of hydrogen-bond acceptors (Lipinski definition) is 4. The Balaban J connectivity index is 2.21. The van der Waals surface area contributed by atoms with Crippen molar-refractivity contribution in [3.8, 4) is 0 Å². The lowest BCUT2D eigenvalue weighted by Crippen LogP contribution is -2.19. The van der Waals surface area contributed by atoms with E-state index in [-0.39, 0.29) is 0 Å². The summed E-state index contributed by atoms with van der Waals surface area (Å²) < 4.78 is 2.28. The van der Waals surface area contributed by atoms with Crippen molar-refractivity contribution in [3.05, 3.63) is 18.5 Å². The van der Waals surface area contributed by atoms with Crippen LogP contribution in [0.3, 0.4) is 0 Å². The first kappa shape index (κ1) is 13.6. The van der Waals surface area contributed by atoms with Crippen LogP contribution in [0.1, 0.15) is 38.6 Å². The molecule has 1 unspecified atom stereocenters. The van der Waals surface area contributed by atoms with Crippen LogP contribution in [0.5, 0.6) is 0 Å². The van der Waals surface area contributed by atoms with Crippen LogP contribution < -0.4 is 5.32 Å². The number of hydrogen-bond donors (Lipinski definition) is 1. The summed E-state index contributed by atoms with van der Waals surface area (Å²) in [6.45, 7) is 10.3. The molecule has 0 spiro atoms. The van der Waals surface area contributed by atoms with Crippen LogP contribution in [0.4, 0.5) is 0 Å². The minimum atomic E-state index is 0.384. The molecule has 4 nitrogen and oxygen atoms in total. The summed E-state index contributed by atoms with van der Waals surface area (Å²) in [5.41, 5.74) is 0. The van der Waals surface area contributed by atoms with E-state index in [2.05, 4.69) is 40.5 Å². The van der Waals surface area contributed by atoms with Gasteiger partial charge < -0.3 is 9.88 Å². The number of aromatic nitrogens is 3. The van der Waals surface area contributed by atoms with E-state index < -0.39 is 0 Å². The number of nitrogens with zero attached hydrogens (tertiary/aromatic N) is 3. The fourth-order valence-electron chi connectivity index (χ4n) is 2.24. The van der Waals surface area contributed by atoms with Gasteiger partial charge in [0.2, 0.25) is 0 Å². The first-order valence-corrected chi connectivity index (χ1v) is 7.61. The molecule has 0 aliphatic carbocycles. The van der Waals surface area contributed by atoms with Crippen molar-refractivity contribution < 1.29 is 0 Å². The first-order chi connectivity index (χ1) is 8.72. The summed E-state index contributed by atoms with van der Waals surface area (Å²) in [5.74, 6) is 2.59. The van der Waals surface area contributed by atoms with Gasteiger partial charge in [0.25, 0.3) is 0 Å². The third-order valence-corrected chi connectivity index (χ3v) is 3.96. The quantitative estimate of drug-likeness (QED) is 0.635. The number of rotatable bonds is 6. The van der Waals surface area contributed by atoms with Crippen LogP contribution in [-0.2, 0) is 6.54 Å². The van der Waals surface area contributed by atoms with Crippen LogP contribution in [0, 0.1) is 5.92 Å². The Morgan fingerprint density at radius 1 is 1.56 bits per heavy atom. The molecular formula is C13H22N4S. The van der Waals surface area contributed by atoms with Gasteiger partial charge in [-0.1, -0.05) is 31.7 Å². The molecule has 1 aliphatic rings. The summed E-state index contributed by atoms with van der Waals surface area (Å²) in [6.07, 6.45) is 4.31. The third-order valence-electron chi connectivity index (χ3n) is 3.00. The molecule has 1 aliphatic heterocycles. The van der Waals surface area contributed by atoms with Gasteiger partial charge in [-0.05, 0) is 25.3 Å². The summed E-state index contributed by atoms with van der Waals surface area (Å²) in [4.78, 5) is 0. The second kappa shape index (κ2) is 6.38. The molecule has 0 amide bonds. The van der Waals surface area contributed by atoms with Gasteiger partial charge in [0.1, 0.15) is 0 Å². The van der Waals surface area contributed by atoms with Gasteiger partial charge in [-0.15, -0.1) is 16.8 Å². The number of nitrogens with one attached hydrogen (secondary N) is 1. The van der Waals surface area contributed by atoms with Gasteiger partial charge in [-0.3, -0.25) is 0 Å². The van der Waals surface area contributed by atoms with E-state index in [0.717, 1.165) is 29.8 Å². The highest BCUT2D eigenvalue weighted by Crippen LogP contribution is 2.26. The van der Waals surface area contributed by atoms with E-state index in [4.69, 9.17) is 0 Å². The monoisotopic (exact) mass is 266 g/mol. The van der Waals surface area contributed by atoms with Crippen molar-refractivity contribution >= 4 is 11.8 Å². The molecular weight excluding hydrogens is 244 g/mol. The Kier molecular flexibility index (Phi) is 4.83. The maximum Gasteiger partial charge on any atom is 0.191 e. The van der Waals surface area contributed by atoms with E-state index in [9.17, 15) is 0 Å². The van der Waals surface area contributed by atoms with Crippen molar-refractivity contribution in [1.82, 2.24) is 20.1 Å². The normalized spacial score (nSPS) is 19.6. The van der Waals surface area contributed by atoms with Crippen molar-refractivity contribution in [3.63, 3.8) is 0 Å². The lowest BCUT2D eigenvalue weighted by Gasteiger charge is -2.15. The fourth-order valence-corrected chi connectivity index (χ4v) is 2.93. The Labute approximate surface area is 113 Å².